The van der Waals surface area contributed by atoms with Gasteiger partial charge in [-0.2, -0.15) is 0 Å². The lowest BCUT2D eigenvalue weighted by Crippen LogP contribution is -2.29. The van der Waals surface area contributed by atoms with Crippen LogP contribution in [-0.4, -0.2) is 49.3 Å². The zero-order valence-corrected chi connectivity index (χ0v) is 51.7. The van der Waals surface area contributed by atoms with Gasteiger partial charge in [-0.05, 0) is 96.3 Å². The summed E-state index contributed by atoms with van der Waals surface area (Å²) in [6, 6.07) is 0. The van der Waals surface area contributed by atoms with Crippen LogP contribution in [0.15, 0.2) is 109 Å². The first-order valence-corrected chi connectivity index (χ1v) is 33.9. The average molecular weight is 1120 g/mol. The summed E-state index contributed by atoms with van der Waals surface area (Å²) in [5, 5.41) is 0. The number of unbranched alkanes of at least 4 members (excludes halogenated alkanes) is 29. The molecule has 3 N–H and O–H groups in total. The molecule has 2 unspecified atom stereocenters. The molecule has 0 radical (unpaired) electrons. The average Bonchev–Trinajstić information content (AvgIpc) is 3.44. The zero-order chi connectivity index (χ0) is 57.3. The van der Waals surface area contributed by atoms with Gasteiger partial charge in [-0.25, -0.2) is 4.57 Å². The lowest BCUT2D eigenvalue weighted by Gasteiger charge is -2.19. The Kier molecular flexibility index (Phi) is 61.2. The minimum atomic E-state index is -4.40. The summed E-state index contributed by atoms with van der Waals surface area (Å²) in [6.45, 7) is 3.50. The summed E-state index contributed by atoms with van der Waals surface area (Å²) >= 11 is 0. The number of allylic oxidation sites excluding steroid dienone is 18. The molecular formula is C69H120NO8P. The smallest absolute Gasteiger partial charge is 0.462 e. The number of hydrogen-bond acceptors (Lipinski definition) is 8. The number of rotatable bonds is 60. The molecule has 0 aliphatic carbocycles. The Bertz CT molecular complexity index is 1660. The molecule has 10 heteroatoms. The minimum Gasteiger partial charge on any atom is -0.462 e. The van der Waals surface area contributed by atoms with Crippen LogP contribution in [0.4, 0.5) is 0 Å². The van der Waals surface area contributed by atoms with Gasteiger partial charge in [-0.3, -0.25) is 18.6 Å². The van der Waals surface area contributed by atoms with E-state index in [9.17, 15) is 19.0 Å². The third kappa shape index (κ3) is 63.7. The maximum absolute atomic E-state index is 12.7. The number of phosphoric acid groups is 1. The Morgan fingerprint density at radius 2 is 0.658 bits per heavy atom. The van der Waals surface area contributed by atoms with Crippen molar-refractivity contribution in [1.82, 2.24) is 0 Å². The van der Waals surface area contributed by atoms with Gasteiger partial charge in [0.1, 0.15) is 6.61 Å². The van der Waals surface area contributed by atoms with Gasteiger partial charge in [0, 0.05) is 19.4 Å². The van der Waals surface area contributed by atoms with Crippen molar-refractivity contribution in [2.24, 2.45) is 5.73 Å². The first kappa shape index (κ1) is 75.7. The third-order valence-electron chi connectivity index (χ3n) is 13.7. The first-order valence-electron chi connectivity index (χ1n) is 32.4. The predicted octanol–water partition coefficient (Wildman–Crippen LogP) is 21.0. The van der Waals surface area contributed by atoms with Crippen molar-refractivity contribution < 1.29 is 37.6 Å². The van der Waals surface area contributed by atoms with Crippen LogP contribution in [0.5, 0.6) is 0 Å². The van der Waals surface area contributed by atoms with Crippen LogP contribution in [0.3, 0.4) is 0 Å². The van der Waals surface area contributed by atoms with E-state index in [1.165, 1.54) is 141 Å². The van der Waals surface area contributed by atoms with Crippen LogP contribution in [0.25, 0.3) is 0 Å². The van der Waals surface area contributed by atoms with Crippen LogP contribution >= 0.6 is 7.82 Å². The van der Waals surface area contributed by atoms with Crippen LogP contribution < -0.4 is 5.73 Å². The fourth-order valence-electron chi connectivity index (χ4n) is 8.95. The van der Waals surface area contributed by atoms with E-state index in [2.05, 4.69) is 123 Å². The van der Waals surface area contributed by atoms with Crippen molar-refractivity contribution in [3.63, 3.8) is 0 Å². The fourth-order valence-corrected chi connectivity index (χ4v) is 9.72. The van der Waals surface area contributed by atoms with Crippen molar-refractivity contribution in [2.45, 2.75) is 290 Å². The Morgan fingerprint density at radius 3 is 0.975 bits per heavy atom. The number of hydrogen-bond donors (Lipinski definition) is 2. The van der Waals surface area contributed by atoms with Gasteiger partial charge in [-0.1, -0.05) is 284 Å². The van der Waals surface area contributed by atoms with Crippen molar-refractivity contribution in [1.29, 1.82) is 0 Å². The summed E-state index contributed by atoms with van der Waals surface area (Å²) in [7, 11) is -4.40. The van der Waals surface area contributed by atoms with Crippen LogP contribution in [-0.2, 0) is 32.7 Å². The zero-order valence-electron chi connectivity index (χ0n) is 50.8. The Hall–Kier alpha value is -3.33. The highest BCUT2D eigenvalue weighted by atomic mass is 31.2. The van der Waals surface area contributed by atoms with E-state index >= 15 is 0 Å². The summed E-state index contributed by atoms with van der Waals surface area (Å²) in [6.07, 6.45) is 87.6. The molecule has 0 fully saturated rings. The number of phosphoric ester groups is 1. The number of ether oxygens (including phenoxy) is 2. The molecule has 0 heterocycles. The minimum absolute atomic E-state index is 0.0471. The standard InChI is InChI=1S/C69H120NO8P/c1-3-5-7-9-11-13-15-17-19-21-22-23-24-25-26-27-28-29-30-31-32-33-34-35-36-37-38-39-40-41-42-43-44-46-48-50-52-54-56-58-60-62-69(72)78-67(66-77-79(73,74)76-64-63-70)65-75-68(71)61-59-57-55-53-51-49-47-45-20-18-16-14-12-10-8-6-4-2/h5-8,11-14,17-20,22-23,25-26,47,49,67H,3-4,9-10,15-16,21,24,27-46,48,50-66,70H2,1-2H3,(H,73,74)/b7-5-,8-6-,13-11-,14-12-,19-17-,20-18-,23-22-,26-25-,49-47-. The normalized spacial score (nSPS) is 13.7. The molecular weight excluding hydrogens is 1000 g/mol. The van der Waals surface area contributed by atoms with Gasteiger partial charge >= 0.3 is 19.8 Å². The van der Waals surface area contributed by atoms with Gasteiger partial charge in [0.2, 0.25) is 0 Å². The molecule has 0 saturated heterocycles. The van der Waals surface area contributed by atoms with Crippen LogP contribution in [0.2, 0.25) is 0 Å². The molecule has 454 valence electrons. The number of esters is 2. The lowest BCUT2D eigenvalue weighted by atomic mass is 10.0. The van der Waals surface area contributed by atoms with Crippen LogP contribution in [0.1, 0.15) is 284 Å². The molecule has 0 aromatic carbocycles. The number of carbonyl (C=O) groups excluding carboxylic acids is 2. The molecule has 0 bridgehead atoms. The molecule has 0 aliphatic rings. The summed E-state index contributed by atoms with van der Waals surface area (Å²) < 4.78 is 33.0. The first-order chi connectivity index (χ1) is 38.8. The van der Waals surface area contributed by atoms with Crippen molar-refractivity contribution in [3.05, 3.63) is 109 Å². The maximum atomic E-state index is 12.7. The molecule has 2 atom stereocenters. The fraction of sp³-hybridized carbons (Fsp3) is 0.710. The van der Waals surface area contributed by atoms with Gasteiger partial charge in [0.15, 0.2) is 6.10 Å². The number of carbonyl (C=O) groups is 2. The SMILES string of the molecule is CC/C=C\C/C=C\C/C=C\C/C=C\C/C=C\CCCCCCCCCCCCCCCCCCCCCCCCCCCC(=O)OC(COC(=O)CCCCCC/C=C\C/C=C\C/C=C\C/C=C\CC)COP(=O)(O)OCCN. The van der Waals surface area contributed by atoms with E-state index in [1.807, 2.05) is 0 Å². The molecule has 0 aliphatic heterocycles. The Balaban J connectivity index is 3.80. The molecule has 79 heavy (non-hydrogen) atoms. The highest BCUT2D eigenvalue weighted by Crippen LogP contribution is 2.43. The molecule has 0 saturated carbocycles. The second kappa shape index (κ2) is 63.8. The topological polar surface area (TPSA) is 134 Å². The van der Waals surface area contributed by atoms with E-state index in [0.29, 0.717) is 12.8 Å². The lowest BCUT2D eigenvalue weighted by molar-refractivity contribution is -0.161. The van der Waals surface area contributed by atoms with E-state index < -0.39 is 32.5 Å². The maximum Gasteiger partial charge on any atom is 0.472 e. The van der Waals surface area contributed by atoms with E-state index in [0.717, 1.165) is 103 Å². The summed E-state index contributed by atoms with van der Waals surface area (Å²) in [4.78, 5) is 35.2. The summed E-state index contributed by atoms with van der Waals surface area (Å²) in [5.74, 6) is -0.851. The second-order valence-corrected chi connectivity index (χ2v) is 22.7. The van der Waals surface area contributed by atoms with Gasteiger partial charge in [-0.15, -0.1) is 0 Å². The molecule has 0 aromatic rings. The monoisotopic (exact) mass is 1120 g/mol. The highest BCUT2D eigenvalue weighted by molar-refractivity contribution is 7.47. The highest BCUT2D eigenvalue weighted by Gasteiger charge is 2.26. The van der Waals surface area contributed by atoms with Gasteiger partial charge < -0.3 is 20.1 Å². The predicted molar refractivity (Wildman–Crippen MR) is 339 cm³/mol. The molecule has 9 nitrogen and oxygen atoms in total. The van der Waals surface area contributed by atoms with Gasteiger partial charge in [0.05, 0.1) is 13.2 Å². The molecule has 0 rings (SSSR count). The second-order valence-electron chi connectivity index (χ2n) is 21.2. The van der Waals surface area contributed by atoms with E-state index in [1.54, 1.807) is 0 Å². The van der Waals surface area contributed by atoms with Crippen molar-refractivity contribution in [2.75, 3.05) is 26.4 Å². The Morgan fingerprint density at radius 1 is 0.380 bits per heavy atom. The number of nitrogens with two attached hydrogens (primary N) is 1. The van der Waals surface area contributed by atoms with Crippen LogP contribution in [0, 0.1) is 0 Å². The van der Waals surface area contributed by atoms with Crippen molar-refractivity contribution >= 4 is 19.8 Å². The molecule has 0 spiro atoms. The quantitative estimate of drug-likeness (QED) is 0.0264. The van der Waals surface area contributed by atoms with E-state index in [-0.39, 0.29) is 32.6 Å². The third-order valence-corrected chi connectivity index (χ3v) is 14.6. The Labute approximate surface area is 486 Å². The van der Waals surface area contributed by atoms with Gasteiger partial charge in [0.25, 0.3) is 0 Å². The van der Waals surface area contributed by atoms with Crippen molar-refractivity contribution in [3.8, 4) is 0 Å². The molecule has 0 amide bonds. The summed E-state index contributed by atoms with van der Waals surface area (Å²) in [5.41, 5.74) is 5.38. The largest absolute Gasteiger partial charge is 0.472 e. The molecule has 0 aromatic heterocycles. The van der Waals surface area contributed by atoms with E-state index in [4.69, 9.17) is 24.3 Å².